The molecule has 0 aromatic heterocycles. The number of carbonyl (C=O) groups is 1. The number of alkyl halides is 3. The first-order valence-corrected chi connectivity index (χ1v) is 8.65. The summed E-state index contributed by atoms with van der Waals surface area (Å²) in [6, 6.07) is 5.72. The topological polar surface area (TPSA) is 41.1 Å². The zero-order valence-electron chi connectivity index (χ0n) is 13.3. The maximum absolute atomic E-state index is 12.9. The highest BCUT2D eigenvalue weighted by Gasteiger charge is 2.44. The van der Waals surface area contributed by atoms with E-state index in [0.717, 1.165) is 31.7 Å². The van der Waals surface area contributed by atoms with Gasteiger partial charge in [0.25, 0.3) is 0 Å². The van der Waals surface area contributed by atoms with E-state index in [4.69, 9.17) is 0 Å². The van der Waals surface area contributed by atoms with E-state index in [2.05, 4.69) is 10.6 Å². The van der Waals surface area contributed by atoms with Crippen molar-refractivity contribution in [3.63, 3.8) is 0 Å². The number of nitrogens with one attached hydrogen (secondary N) is 2. The van der Waals surface area contributed by atoms with Crippen LogP contribution in [0.4, 0.5) is 13.2 Å². The Labute approximate surface area is 139 Å². The van der Waals surface area contributed by atoms with Crippen LogP contribution in [0.25, 0.3) is 0 Å². The van der Waals surface area contributed by atoms with Gasteiger partial charge >= 0.3 is 6.18 Å². The van der Waals surface area contributed by atoms with Crippen molar-refractivity contribution in [3.8, 4) is 0 Å². The fourth-order valence-corrected chi connectivity index (χ4v) is 4.15. The molecule has 4 unspecified atom stereocenters. The zero-order valence-corrected chi connectivity index (χ0v) is 13.3. The van der Waals surface area contributed by atoms with Gasteiger partial charge in [0.15, 0.2) is 0 Å². The third-order valence-electron chi connectivity index (χ3n) is 5.66. The zero-order chi connectivity index (χ0) is 16.9. The van der Waals surface area contributed by atoms with Crippen molar-refractivity contribution in [3.05, 3.63) is 35.4 Å². The predicted molar refractivity (Wildman–Crippen MR) is 83.1 cm³/mol. The average molecular weight is 338 g/mol. The molecule has 1 aliphatic heterocycles. The predicted octanol–water partition coefficient (Wildman–Crippen LogP) is 3.41. The van der Waals surface area contributed by atoms with E-state index in [0.29, 0.717) is 17.9 Å². The molecular weight excluding hydrogens is 317 g/mol. The summed E-state index contributed by atoms with van der Waals surface area (Å²) in [5.41, 5.74) is 0.0857. The lowest BCUT2D eigenvalue weighted by Crippen LogP contribution is -2.63. The Kier molecular flexibility index (Phi) is 3.82. The van der Waals surface area contributed by atoms with Crippen LogP contribution in [0.5, 0.6) is 0 Å². The van der Waals surface area contributed by atoms with Crippen molar-refractivity contribution in [2.75, 3.05) is 0 Å². The number of halogens is 3. The van der Waals surface area contributed by atoms with Gasteiger partial charge in [0, 0.05) is 6.04 Å². The first-order chi connectivity index (χ1) is 11.4. The maximum Gasteiger partial charge on any atom is 0.416 e. The molecule has 3 nitrogen and oxygen atoms in total. The molecule has 1 saturated heterocycles. The Bertz CT molecular complexity index is 641. The second-order valence-corrected chi connectivity index (χ2v) is 7.34. The van der Waals surface area contributed by atoms with Gasteiger partial charge in [0.05, 0.1) is 17.6 Å². The minimum absolute atomic E-state index is 0.0126. The molecule has 0 bridgehead atoms. The van der Waals surface area contributed by atoms with Crippen LogP contribution in [-0.2, 0) is 11.0 Å². The van der Waals surface area contributed by atoms with Crippen molar-refractivity contribution < 1.29 is 18.0 Å². The van der Waals surface area contributed by atoms with Gasteiger partial charge in [0.2, 0.25) is 5.91 Å². The molecule has 0 radical (unpaired) electrons. The van der Waals surface area contributed by atoms with Gasteiger partial charge in [-0.1, -0.05) is 18.2 Å². The van der Waals surface area contributed by atoms with Crippen LogP contribution in [0.3, 0.4) is 0 Å². The Balaban J connectivity index is 1.49. The molecule has 24 heavy (non-hydrogen) atoms. The van der Waals surface area contributed by atoms with E-state index in [1.54, 1.807) is 6.07 Å². The summed E-state index contributed by atoms with van der Waals surface area (Å²) in [5, 5.41) is 6.60. The van der Waals surface area contributed by atoms with E-state index < -0.39 is 11.7 Å². The van der Waals surface area contributed by atoms with Crippen LogP contribution in [0.15, 0.2) is 24.3 Å². The number of rotatable bonds is 2. The lowest BCUT2D eigenvalue weighted by atomic mass is 9.73. The molecule has 3 aliphatic rings. The van der Waals surface area contributed by atoms with Gasteiger partial charge in [-0.3, -0.25) is 10.1 Å². The van der Waals surface area contributed by atoms with Crippen LogP contribution in [0.2, 0.25) is 0 Å². The largest absolute Gasteiger partial charge is 0.416 e. The first-order valence-electron chi connectivity index (χ1n) is 8.65. The highest BCUT2D eigenvalue weighted by atomic mass is 19.4. The average Bonchev–Trinajstić information content (AvgIpc) is 3.39. The number of carbonyl (C=O) groups excluding carboxylic acids is 1. The molecule has 4 rings (SSSR count). The third kappa shape index (κ3) is 3.04. The SMILES string of the molecule is O=C1NC(C2CC2)NC2CCC(c3cccc(C(F)(F)F)c3)CC12. The second-order valence-electron chi connectivity index (χ2n) is 7.34. The lowest BCUT2D eigenvalue weighted by Gasteiger charge is -2.43. The van der Waals surface area contributed by atoms with E-state index >= 15 is 0 Å². The molecule has 130 valence electrons. The van der Waals surface area contributed by atoms with Gasteiger partial charge in [-0.15, -0.1) is 0 Å². The number of hydrogen-bond donors (Lipinski definition) is 2. The summed E-state index contributed by atoms with van der Waals surface area (Å²) >= 11 is 0. The first kappa shape index (κ1) is 15.9. The van der Waals surface area contributed by atoms with Crippen molar-refractivity contribution in [1.82, 2.24) is 10.6 Å². The highest BCUT2D eigenvalue weighted by molar-refractivity contribution is 5.81. The van der Waals surface area contributed by atoms with Gasteiger partial charge in [0.1, 0.15) is 0 Å². The van der Waals surface area contributed by atoms with Gasteiger partial charge in [-0.25, -0.2) is 0 Å². The van der Waals surface area contributed by atoms with Crippen molar-refractivity contribution >= 4 is 5.91 Å². The fraction of sp³-hybridized carbons (Fsp3) is 0.611. The molecule has 1 heterocycles. The van der Waals surface area contributed by atoms with Crippen molar-refractivity contribution in [2.24, 2.45) is 11.8 Å². The van der Waals surface area contributed by atoms with E-state index in [1.165, 1.54) is 12.1 Å². The van der Waals surface area contributed by atoms with Crippen LogP contribution >= 0.6 is 0 Å². The number of benzene rings is 1. The molecule has 6 heteroatoms. The molecule has 1 aromatic rings. The molecule has 4 atom stereocenters. The molecule has 2 saturated carbocycles. The summed E-state index contributed by atoms with van der Waals surface area (Å²) in [4.78, 5) is 12.4. The third-order valence-corrected chi connectivity index (χ3v) is 5.66. The highest BCUT2D eigenvalue weighted by Crippen LogP contribution is 2.41. The molecule has 2 N–H and O–H groups in total. The Morgan fingerprint density at radius 3 is 2.58 bits per heavy atom. The number of amides is 1. The lowest BCUT2D eigenvalue weighted by molar-refractivity contribution is -0.137. The van der Waals surface area contributed by atoms with E-state index in [1.807, 2.05) is 0 Å². The second kappa shape index (κ2) is 5.76. The summed E-state index contributed by atoms with van der Waals surface area (Å²) in [7, 11) is 0. The quantitative estimate of drug-likeness (QED) is 0.868. The molecular formula is C18H21F3N2O. The summed E-state index contributed by atoms with van der Waals surface area (Å²) < 4.78 is 38.7. The minimum Gasteiger partial charge on any atom is -0.340 e. The van der Waals surface area contributed by atoms with E-state index in [9.17, 15) is 18.0 Å². The molecule has 3 fully saturated rings. The standard InChI is InChI=1S/C18H21F3N2O/c19-18(20,21)13-3-1-2-11(8-13)12-6-7-15-14(9-12)17(24)23-16(22-15)10-4-5-10/h1-3,8,10,12,14-16,22H,4-7,9H2,(H,23,24). The van der Waals surface area contributed by atoms with E-state index in [-0.39, 0.29) is 30.0 Å². The summed E-state index contributed by atoms with van der Waals surface area (Å²) in [5.74, 6) is 0.482. The normalized spacial score (nSPS) is 33.7. The summed E-state index contributed by atoms with van der Waals surface area (Å²) in [6.07, 6.45) is 0.340. The Morgan fingerprint density at radius 2 is 1.88 bits per heavy atom. The fourth-order valence-electron chi connectivity index (χ4n) is 4.15. The van der Waals surface area contributed by atoms with Gasteiger partial charge in [-0.05, 0) is 55.6 Å². The van der Waals surface area contributed by atoms with Crippen LogP contribution in [-0.4, -0.2) is 18.1 Å². The molecule has 0 spiro atoms. The van der Waals surface area contributed by atoms with Gasteiger partial charge < -0.3 is 5.32 Å². The molecule has 2 aliphatic carbocycles. The Hall–Kier alpha value is -1.56. The molecule has 1 aromatic carbocycles. The van der Waals surface area contributed by atoms with Crippen LogP contribution in [0, 0.1) is 11.8 Å². The monoisotopic (exact) mass is 338 g/mol. The maximum atomic E-state index is 12.9. The number of hydrogen-bond acceptors (Lipinski definition) is 2. The van der Waals surface area contributed by atoms with Crippen molar-refractivity contribution in [1.29, 1.82) is 0 Å². The Morgan fingerprint density at radius 1 is 1.08 bits per heavy atom. The molecule has 1 amide bonds. The van der Waals surface area contributed by atoms with Crippen LogP contribution < -0.4 is 10.6 Å². The summed E-state index contributed by atoms with van der Waals surface area (Å²) in [6.45, 7) is 0. The number of fused-ring (bicyclic) bond motifs is 1. The van der Waals surface area contributed by atoms with Gasteiger partial charge in [-0.2, -0.15) is 13.2 Å². The smallest absolute Gasteiger partial charge is 0.340 e. The van der Waals surface area contributed by atoms with Crippen molar-refractivity contribution in [2.45, 2.75) is 56.4 Å². The minimum atomic E-state index is -4.32. The van der Waals surface area contributed by atoms with Crippen LogP contribution in [0.1, 0.15) is 49.1 Å².